The molecule has 5 nitrogen and oxygen atoms in total. The second kappa shape index (κ2) is 7.49. The molecule has 1 saturated heterocycles. The molecule has 0 radical (unpaired) electrons. The molecule has 1 aliphatic heterocycles. The van der Waals surface area contributed by atoms with E-state index in [0.29, 0.717) is 6.42 Å². The molecule has 0 aliphatic carbocycles. The fourth-order valence-corrected chi connectivity index (χ4v) is 3.29. The molecule has 1 aliphatic rings. The highest BCUT2D eigenvalue weighted by molar-refractivity contribution is 6.02. The van der Waals surface area contributed by atoms with E-state index >= 15 is 0 Å². The lowest BCUT2D eigenvalue weighted by Gasteiger charge is -2.21. The predicted octanol–water partition coefficient (Wildman–Crippen LogP) is 2.39. The molecule has 2 aromatic carbocycles. The number of amides is 2. The molecular weight excluding hydrogens is 314 g/mol. The van der Waals surface area contributed by atoms with E-state index in [1.165, 1.54) is 0 Å². The Morgan fingerprint density at radius 1 is 1.16 bits per heavy atom. The summed E-state index contributed by atoms with van der Waals surface area (Å²) in [6.45, 7) is 1.99. The molecule has 0 aromatic heterocycles. The van der Waals surface area contributed by atoms with Crippen molar-refractivity contribution in [3.8, 4) is 0 Å². The zero-order chi connectivity index (χ0) is 17.8. The predicted molar refractivity (Wildman–Crippen MR) is 97.9 cm³/mol. The Morgan fingerprint density at radius 3 is 2.40 bits per heavy atom. The van der Waals surface area contributed by atoms with E-state index in [4.69, 9.17) is 5.73 Å². The molecule has 2 aromatic rings. The molecule has 1 heterocycles. The van der Waals surface area contributed by atoms with Crippen molar-refractivity contribution in [3.05, 3.63) is 66.2 Å². The van der Waals surface area contributed by atoms with Gasteiger partial charge in [0.1, 0.15) is 6.04 Å². The summed E-state index contributed by atoms with van der Waals surface area (Å²) in [7, 11) is 0. The smallest absolute Gasteiger partial charge is 0.249 e. The summed E-state index contributed by atoms with van der Waals surface area (Å²) in [4.78, 5) is 26.8. The van der Waals surface area contributed by atoms with Gasteiger partial charge in [0.2, 0.25) is 11.8 Å². The maximum absolute atomic E-state index is 12.7. The molecule has 0 saturated carbocycles. The number of hydrogen-bond acceptors (Lipinski definition) is 3. The number of nitrogens with two attached hydrogens (primary N) is 1. The average molecular weight is 337 g/mol. The van der Waals surface area contributed by atoms with Crippen LogP contribution in [-0.4, -0.2) is 23.9 Å². The number of nitrogens with one attached hydrogen (secondary N) is 1. The van der Waals surface area contributed by atoms with E-state index in [-0.39, 0.29) is 30.3 Å². The van der Waals surface area contributed by atoms with Crippen LogP contribution in [0.4, 0.5) is 5.69 Å². The Balaban J connectivity index is 1.61. The summed E-state index contributed by atoms with van der Waals surface area (Å²) in [5.74, 6) is -0.267. The van der Waals surface area contributed by atoms with Gasteiger partial charge in [0.15, 0.2) is 0 Å². The van der Waals surface area contributed by atoms with E-state index < -0.39 is 6.04 Å². The first kappa shape index (κ1) is 17.2. The first-order valence-electron chi connectivity index (χ1n) is 8.54. The number of benzene rings is 2. The number of carbonyl (C=O) groups excluding carboxylic acids is 2. The van der Waals surface area contributed by atoms with Crippen LogP contribution in [0.5, 0.6) is 0 Å². The molecule has 2 amide bonds. The highest BCUT2D eigenvalue weighted by Crippen LogP contribution is 2.26. The molecule has 3 unspecified atom stereocenters. The summed E-state index contributed by atoms with van der Waals surface area (Å²) in [6, 6.07) is 18.2. The van der Waals surface area contributed by atoms with Gasteiger partial charge in [0, 0.05) is 24.2 Å². The van der Waals surface area contributed by atoms with E-state index in [1.54, 1.807) is 4.90 Å². The molecule has 130 valence electrons. The average Bonchev–Trinajstić information content (AvgIpc) is 2.89. The van der Waals surface area contributed by atoms with Crippen molar-refractivity contribution in [2.24, 2.45) is 5.73 Å². The van der Waals surface area contributed by atoms with Crippen LogP contribution in [0.1, 0.15) is 31.4 Å². The Morgan fingerprint density at radius 2 is 1.76 bits per heavy atom. The van der Waals surface area contributed by atoms with Crippen molar-refractivity contribution in [1.82, 2.24) is 5.32 Å². The van der Waals surface area contributed by atoms with Crippen LogP contribution in [0.15, 0.2) is 60.7 Å². The van der Waals surface area contributed by atoms with Crippen molar-refractivity contribution < 1.29 is 9.59 Å². The lowest BCUT2D eigenvalue weighted by molar-refractivity contribution is -0.126. The molecule has 25 heavy (non-hydrogen) atoms. The molecule has 3 N–H and O–H groups in total. The summed E-state index contributed by atoms with van der Waals surface area (Å²) >= 11 is 0. The van der Waals surface area contributed by atoms with E-state index in [0.717, 1.165) is 11.3 Å². The minimum atomic E-state index is -0.495. The second-order valence-corrected chi connectivity index (χ2v) is 6.47. The summed E-state index contributed by atoms with van der Waals surface area (Å²) < 4.78 is 0. The first-order valence-corrected chi connectivity index (χ1v) is 8.54. The topological polar surface area (TPSA) is 75.4 Å². The lowest BCUT2D eigenvalue weighted by atomic mass is 10.0. The Labute approximate surface area is 147 Å². The Bertz CT molecular complexity index is 733. The summed E-state index contributed by atoms with van der Waals surface area (Å²) in [5.41, 5.74) is 7.87. The summed E-state index contributed by atoms with van der Waals surface area (Å²) in [6.07, 6.45) is 0.757. The fraction of sp³-hybridized carbons (Fsp3) is 0.300. The second-order valence-electron chi connectivity index (χ2n) is 6.47. The van der Waals surface area contributed by atoms with Crippen molar-refractivity contribution in [2.45, 2.75) is 37.9 Å². The monoisotopic (exact) mass is 337 g/mol. The van der Waals surface area contributed by atoms with Crippen LogP contribution < -0.4 is 16.0 Å². The zero-order valence-corrected chi connectivity index (χ0v) is 14.3. The van der Waals surface area contributed by atoms with Gasteiger partial charge in [0.25, 0.3) is 0 Å². The Kier molecular flexibility index (Phi) is 5.14. The number of hydrogen-bond donors (Lipinski definition) is 2. The highest BCUT2D eigenvalue weighted by atomic mass is 16.2. The van der Waals surface area contributed by atoms with E-state index in [2.05, 4.69) is 5.32 Å². The van der Waals surface area contributed by atoms with E-state index in [1.807, 2.05) is 67.6 Å². The van der Waals surface area contributed by atoms with Gasteiger partial charge in [-0.2, -0.15) is 0 Å². The van der Waals surface area contributed by atoms with Crippen LogP contribution in [0, 0.1) is 0 Å². The number of nitrogens with zero attached hydrogens (tertiary/aromatic N) is 1. The van der Waals surface area contributed by atoms with Gasteiger partial charge in [-0.3, -0.25) is 9.59 Å². The maximum Gasteiger partial charge on any atom is 0.249 e. The van der Waals surface area contributed by atoms with Gasteiger partial charge in [-0.25, -0.2) is 0 Å². The fourth-order valence-electron chi connectivity index (χ4n) is 3.29. The number of rotatable bonds is 5. The van der Waals surface area contributed by atoms with Gasteiger partial charge in [-0.1, -0.05) is 48.5 Å². The third-order valence-corrected chi connectivity index (χ3v) is 4.56. The van der Waals surface area contributed by atoms with Crippen molar-refractivity contribution >= 4 is 17.5 Å². The summed E-state index contributed by atoms with van der Waals surface area (Å²) in [5, 5.41) is 2.85. The lowest BCUT2D eigenvalue weighted by Crippen LogP contribution is -2.42. The minimum Gasteiger partial charge on any atom is -0.344 e. The molecule has 0 bridgehead atoms. The van der Waals surface area contributed by atoms with Crippen molar-refractivity contribution in [2.75, 3.05) is 4.90 Å². The Hall–Kier alpha value is -2.66. The van der Waals surface area contributed by atoms with Crippen molar-refractivity contribution in [1.29, 1.82) is 0 Å². The molecular formula is C20H23N3O2. The van der Waals surface area contributed by atoms with Gasteiger partial charge >= 0.3 is 0 Å². The third-order valence-electron chi connectivity index (χ3n) is 4.56. The minimum absolute atomic E-state index is 0.0444. The molecule has 3 atom stereocenters. The third kappa shape index (κ3) is 3.88. The molecule has 1 fully saturated rings. The number of carbonyl (C=O) groups is 2. The van der Waals surface area contributed by atoms with Crippen LogP contribution in [0.2, 0.25) is 0 Å². The largest absolute Gasteiger partial charge is 0.344 e. The zero-order valence-electron chi connectivity index (χ0n) is 14.3. The van der Waals surface area contributed by atoms with Crippen molar-refractivity contribution in [3.63, 3.8) is 0 Å². The van der Waals surface area contributed by atoms with E-state index in [9.17, 15) is 9.59 Å². The molecule has 5 heteroatoms. The van der Waals surface area contributed by atoms with Crippen LogP contribution in [-0.2, 0) is 9.59 Å². The highest BCUT2D eigenvalue weighted by Gasteiger charge is 2.38. The quantitative estimate of drug-likeness (QED) is 0.879. The SMILES string of the molecule is CC1CC(NC(=O)CC(N)c2ccccc2)C(=O)N1c1ccccc1. The molecule has 0 spiro atoms. The van der Waals surface area contributed by atoms with Gasteiger partial charge in [-0.05, 0) is 31.0 Å². The van der Waals surface area contributed by atoms with Crippen LogP contribution >= 0.6 is 0 Å². The van der Waals surface area contributed by atoms with Crippen LogP contribution in [0.3, 0.4) is 0 Å². The maximum atomic E-state index is 12.7. The standard InChI is InChI=1S/C20H23N3O2/c1-14-12-18(20(25)23(14)16-10-6-3-7-11-16)22-19(24)13-17(21)15-8-4-2-5-9-15/h2-11,14,17-18H,12-13,21H2,1H3,(H,22,24). The van der Waals surface area contributed by atoms with Gasteiger partial charge in [-0.15, -0.1) is 0 Å². The van der Waals surface area contributed by atoms with Gasteiger partial charge in [0.05, 0.1) is 0 Å². The molecule has 3 rings (SSSR count). The van der Waals surface area contributed by atoms with Crippen LogP contribution in [0.25, 0.3) is 0 Å². The number of anilines is 1. The van der Waals surface area contributed by atoms with Gasteiger partial charge < -0.3 is 16.0 Å². The first-order chi connectivity index (χ1) is 12.1. The number of para-hydroxylation sites is 1. The normalized spacial score (nSPS) is 21.2.